The molecule has 0 bridgehead atoms. The summed E-state index contributed by atoms with van der Waals surface area (Å²) < 4.78 is 29.6. The predicted octanol–water partition coefficient (Wildman–Crippen LogP) is 3.38. The van der Waals surface area contributed by atoms with Crippen molar-refractivity contribution < 1.29 is 8.78 Å². The highest BCUT2D eigenvalue weighted by Crippen LogP contribution is 2.41. The molecule has 3 aromatic rings. The quantitative estimate of drug-likeness (QED) is 0.642. The second-order valence-electron chi connectivity index (χ2n) is 6.24. The predicted molar refractivity (Wildman–Crippen MR) is 97.4 cm³/mol. The Hall–Kier alpha value is -2.38. The monoisotopic (exact) mass is 375 g/mol. The number of fused-ring (bicyclic) bond motifs is 1. The summed E-state index contributed by atoms with van der Waals surface area (Å²) in [5.74, 6) is -1.41. The minimum Gasteiger partial charge on any atom is -0.366 e. The summed E-state index contributed by atoms with van der Waals surface area (Å²) in [5.41, 5.74) is 1.15. The van der Waals surface area contributed by atoms with E-state index in [1.165, 1.54) is 30.6 Å². The summed E-state index contributed by atoms with van der Waals surface area (Å²) in [6.07, 6.45) is 2.98. The fourth-order valence-electron chi connectivity index (χ4n) is 3.24. The van der Waals surface area contributed by atoms with Crippen LogP contribution in [-0.4, -0.2) is 53.1 Å². The van der Waals surface area contributed by atoms with E-state index >= 15 is 4.39 Å². The van der Waals surface area contributed by atoms with Gasteiger partial charge in [0, 0.05) is 44.1 Å². The topological polar surface area (TPSA) is 45.2 Å². The minimum absolute atomic E-state index is 0.000600. The normalized spacial score (nSPS) is 15.6. The number of benzene rings is 1. The fourth-order valence-corrected chi connectivity index (χ4v) is 3.50. The van der Waals surface area contributed by atoms with Gasteiger partial charge in [0.2, 0.25) is 5.95 Å². The van der Waals surface area contributed by atoms with Crippen molar-refractivity contribution in [2.45, 2.75) is 0 Å². The van der Waals surface area contributed by atoms with Crippen LogP contribution in [-0.2, 0) is 0 Å². The van der Waals surface area contributed by atoms with Gasteiger partial charge in [0.25, 0.3) is 0 Å². The van der Waals surface area contributed by atoms with E-state index in [0.717, 1.165) is 13.1 Å². The summed E-state index contributed by atoms with van der Waals surface area (Å²) in [4.78, 5) is 16.5. The molecule has 2 aromatic heterocycles. The molecule has 0 spiro atoms. The number of nitrogens with zero attached hydrogens (tertiary/aromatic N) is 5. The average Bonchev–Trinajstić information content (AvgIpc) is 2.62. The van der Waals surface area contributed by atoms with E-state index in [1.807, 2.05) is 11.9 Å². The Labute approximate surface area is 154 Å². The molecule has 26 heavy (non-hydrogen) atoms. The van der Waals surface area contributed by atoms with E-state index in [-0.39, 0.29) is 21.8 Å². The molecule has 1 saturated heterocycles. The van der Waals surface area contributed by atoms with Gasteiger partial charge in [-0.2, -0.15) is 9.37 Å². The van der Waals surface area contributed by atoms with Gasteiger partial charge < -0.3 is 9.80 Å². The van der Waals surface area contributed by atoms with Crippen molar-refractivity contribution in [3.05, 3.63) is 47.4 Å². The molecule has 0 atom stereocenters. The molecule has 0 N–H and O–H groups in total. The van der Waals surface area contributed by atoms with Crippen molar-refractivity contribution >= 4 is 28.5 Å². The van der Waals surface area contributed by atoms with E-state index in [0.29, 0.717) is 24.3 Å². The van der Waals surface area contributed by atoms with Crippen LogP contribution < -0.4 is 4.90 Å². The molecule has 3 heterocycles. The summed E-state index contributed by atoms with van der Waals surface area (Å²) >= 11 is 6.22. The molecule has 4 rings (SSSR count). The van der Waals surface area contributed by atoms with Gasteiger partial charge in [-0.15, -0.1) is 0 Å². The number of pyridine rings is 1. The van der Waals surface area contributed by atoms with Crippen LogP contribution in [0.25, 0.3) is 22.3 Å². The van der Waals surface area contributed by atoms with Crippen molar-refractivity contribution in [1.29, 1.82) is 0 Å². The van der Waals surface area contributed by atoms with E-state index in [9.17, 15) is 4.39 Å². The molecule has 0 amide bonds. The van der Waals surface area contributed by atoms with Crippen LogP contribution >= 0.6 is 11.6 Å². The van der Waals surface area contributed by atoms with Crippen LogP contribution in [0.3, 0.4) is 0 Å². The number of anilines is 1. The first-order valence-electron chi connectivity index (χ1n) is 8.24. The largest absolute Gasteiger partial charge is 0.366 e. The number of piperazine rings is 1. The first-order chi connectivity index (χ1) is 12.6. The number of hydrogen-bond acceptors (Lipinski definition) is 5. The van der Waals surface area contributed by atoms with Gasteiger partial charge >= 0.3 is 0 Å². The molecule has 5 nitrogen and oxygen atoms in total. The Kier molecular flexibility index (Phi) is 4.42. The lowest BCUT2D eigenvalue weighted by molar-refractivity contribution is 0.313. The van der Waals surface area contributed by atoms with Crippen LogP contribution in [0.15, 0.2) is 30.6 Å². The molecule has 134 valence electrons. The molecule has 1 fully saturated rings. The van der Waals surface area contributed by atoms with Gasteiger partial charge in [0.1, 0.15) is 11.3 Å². The molecule has 1 aliphatic rings. The highest BCUT2D eigenvalue weighted by molar-refractivity contribution is 6.33. The Morgan fingerprint density at radius 3 is 2.46 bits per heavy atom. The third-order valence-electron chi connectivity index (χ3n) is 4.58. The van der Waals surface area contributed by atoms with Crippen LogP contribution in [0, 0.1) is 11.8 Å². The Morgan fingerprint density at radius 2 is 1.73 bits per heavy atom. The number of rotatable bonds is 2. The van der Waals surface area contributed by atoms with E-state index in [1.54, 1.807) is 0 Å². The van der Waals surface area contributed by atoms with Crippen LogP contribution in [0.4, 0.5) is 14.5 Å². The SMILES string of the molecule is CN1CCN(c2c(-c3c(F)cccc3Cl)c(F)nc3nccnc23)CC1. The Morgan fingerprint density at radius 1 is 1.00 bits per heavy atom. The molecular formula is C18H16ClF2N5. The first-order valence-corrected chi connectivity index (χ1v) is 8.62. The second-order valence-corrected chi connectivity index (χ2v) is 6.65. The second kappa shape index (κ2) is 6.74. The molecule has 1 aliphatic heterocycles. The van der Waals surface area contributed by atoms with Crippen LogP contribution in [0.5, 0.6) is 0 Å². The van der Waals surface area contributed by atoms with Crippen molar-refractivity contribution in [2.75, 3.05) is 38.1 Å². The maximum atomic E-state index is 15.0. The van der Waals surface area contributed by atoms with Crippen molar-refractivity contribution in [3.8, 4) is 11.1 Å². The van der Waals surface area contributed by atoms with Gasteiger partial charge in [-0.1, -0.05) is 17.7 Å². The van der Waals surface area contributed by atoms with Crippen molar-refractivity contribution in [1.82, 2.24) is 19.9 Å². The van der Waals surface area contributed by atoms with Crippen molar-refractivity contribution in [2.24, 2.45) is 0 Å². The van der Waals surface area contributed by atoms with Crippen LogP contribution in [0.1, 0.15) is 0 Å². The molecule has 8 heteroatoms. The zero-order valence-electron chi connectivity index (χ0n) is 14.1. The summed E-state index contributed by atoms with van der Waals surface area (Å²) in [7, 11) is 2.02. The summed E-state index contributed by atoms with van der Waals surface area (Å²) in [6.45, 7) is 2.92. The molecule has 0 unspecified atom stereocenters. The van der Waals surface area contributed by atoms with E-state index in [2.05, 4.69) is 19.9 Å². The van der Waals surface area contributed by atoms with Gasteiger partial charge in [0.15, 0.2) is 5.65 Å². The fraction of sp³-hybridized carbons (Fsp3) is 0.278. The lowest BCUT2D eigenvalue weighted by Crippen LogP contribution is -2.45. The number of likely N-dealkylation sites (N-methyl/N-ethyl adjacent to an activating group) is 1. The zero-order chi connectivity index (χ0) is 18.3. The third kappa shape index (κ3) is 2.87. The molecule has 0 aliphatic carbocycles. The third-order valence-corrected chi connectivity index (χ3v) is 4.90. The lowest BCUT2D eigenvalue weighted by atomic mass is 10.0. The van der Waals surface area contributed by atoms with E-state index < -0.39 is 11.8 Å². The lowest BCUT2D eigenvalue weighted by Gasteiger charge is -2.35. The standard InChI is InChI=1S/C18H16ClF2N5/c1-25-7-9-26(10-8-25)16-14(13-11(19)3-2-4-12(13)20)17(21)24-18-15(16)22-5-6-23-18/h2-6H,7-10H2,1H3. The minimum atomic E-state index is -0.807. The number of hydrogen-bond donors (Lipinski definition) is 0. The van der Waals surface area contributed by atoms with Gasteiger partial charge in [-0.05, 0) is 19.2 Å². The summed E-state index contributed by atoms with van der Waals surface area (Å²) in [5, 5.41) is 0.129. The maximum absolute atomic E-state index is 15.0. The Bertz CT molecular complexity index is 953. The van der Waals surface area contributed by atoms with Crippen LogP contribution in [0.2, 0.25) is 5.02 Å². The zero-order valence-corrected chi connectivity index (χ0v) is 14.8. The Balaban J connectivity index is 2.03. The number of halogens is 3. The average molecular weight is 376 g/mol. The van der Waals surface area contributed by atoms with Gasteiger partial charge in [-0.25, -0.2) is 14.4 Å². The highest BCUT2D eigenvalue weighted by Gasteiger charge is 2.28. The van der Waals surface area contributed by atoms with Crippen molar-refractivity contribution in [3.63, 3.8) is 0 Å². The molecule has 0 saturated carbocycles. The molecule has 1 aromatic carbocycles. The van der Waals surface area contributed by atoms with Gasteiger partial charge in [-0.3, -0.25) is 0 Å². The smallest absolute Gasteiger partial charge is 0.225 e. The number of aromatic nitrogens is 3. The molecule has 0 radical (unpaired) electrons. The maximum Gasteiger partial charge on any atom is 0.225 e. The van der Waals surface area contributed by atoms with E-state index in [4.69, 9.17) is 11.6 Å². The first kappa shape index (κ1) is 17.1. The highest BCUT2D eigenvalue weighted by atomic mass is 35.5. The summed E-state index contributed by atoms with van der Waals surface area (Å²) in [6, 6.07) is 4.28. The van der Waals surface area contributed by atoms with Gasteiger partial charge in [0.05, 0.1) is 16.3 Å². The molecular weight excluding hydrogens is 360 g/mol.